The highest BCUT2D eigenvalue weighted by Crippen LogP contribution is 2.36. The molecule has 0 aliphatic heterocycles. The largest absolute Gasteiger partial charge is 0.756 e. The number of hydrogen-bond donors (Lipinski definition) is 2. The van der Waals surface area contributed by atoms with Gasteiger partial charge in [-0.1, -0.05) is 0 Å². The minimum Gasteiger partial charge on any atom is -0.756 e. The first-order valence-corrected chi connectivity index (χ1v) is 8.19. The lowest BCUT2D eigenvalue weighted by Gasteiger charge is -2.20. The Bertz CT molecular complexity index is 441. The van der Waals surface area contributed by atoms with Gasteiger partial charge >= 0.3 is 6.03 Å². The zero-order valence-electron chi connectivity index (χ0n) is 12.9. The molecule has 0 aromatic heterocycles. The Balaban J connectivity index is 3.87. The predicted molar refractivity (Wildman–Crippen MR) is 76.1 cm³/mol. The molecule has 2 N–H and O–H groups in total. The summed E-state index contributed by atoms with van der Waals surface area (Å²) in [7, 11) is -3.20. The van der Waals surface area contributed by atoms with Crippen LogP contribution in [0.5, 0.6) is 0 Å². The second kappa shape index (κ2) is 10.4. The second-order valence-electron chi connectivity index (χ2n) is 4.64. The van der Waals surface area contributed by atoms with Gasteiger partial charge in [-0.25, -0.2) is 4.79 Å². The fraction of sp³-hybridized carbons (Fsp3) is 0.750. The van der Waals surface area contributed by atoms with E-state index in [-0.39, 0.29) is 31.1 Å². The van der Waals surface area contributed by atoms with Gasteiger partial charge in [-0.05, 0) is 26.7 Å². The number of carbonyl (C=O) groups is 3. The molecule has 0 saturated carbocycles. The van der Waals surface area contributed by atoms with Crippen LogP contribution in [-0.2, 0) is 23.2 Å². The number of ketones is 2. The molecule has 128 valence electrons. The van der Waals surface area contributed by atoms with Gasteiger partial charge in [0.15, 0.2) is 5.78 Å². The summed E-state index contributed by atoms with van der Waals surface area (Å²) in [5.41, 5.74) is 0. The number of phosphoric acid groups is 1. The second-order valence-corrected chi connectivity index (χ2v) is 6.16. The molecule has 10 heteroatoms. The topological polar surface area (TPSA) is 134 Å². The van der Waals surface area contributed by atoms with Crippen LogP contribution in [0.1, 0.15) is 33.1 Å². The summed E-state index contributed by atoms with van der Waals surface area (Å²) in [5, 5.41) is 4.91. The molecule has 0 aromatic rings. The van der Waals surface area contributed by atoms with E-state index in [1.807, 2.05) is 0 Å². The van der Waals surface area contributed by atoms with E-state index in [4.69, 9.17) is 0 Å². The highest BCUT2D eigenvalue weighted by atomic mass is 31.2. The lowest BCUT2D eigenvalue weighted by atomic mass is 10.1. The molecule has 0 bridgehead atoms. The Hall–Kier alpha value is -1.28. The van der Waals surface area contributed by atoms with Crippen molar-refractivity contribution in [2.24, 2.45) is 0 Å². The maximum Gasteiger partial charge on any atom is 0.315 e. The van der Waals surface area contributed by atoms with Gasteiger partial charge in [0.05, 0.1) is 12.6 Å². The van der Waals surface area contributed by atoms with Crippen molar-refractivity contribution in [3.8, 4) is 0 Å². The van der Waals surface area contributed by atoms with Crippen LogP contribution in [-0.4, -0.2) is 43.9 Å². The van der Waals surface area contributed by atoms with Crippen molar-refractivity contribution in [3.05, 3.63) is 0 Å². The first-order valence-electron chi connectivity index (χ1n) is 6.73. The Morgan fingerprint density at radius 3 is 2.36 bits per heavy atom. The molecular formula is C12H22N2O7P-. The van der Waals surface area contributed by atoms with Gasteiger partial charge in [-0.3, -0.25) is 14.2 Å². The van der Waals surface area contributed by atoms with E-state index in [0.29, 0.717) is 12.8 Å². The molecule has 0 heterocycles. The van der Waals surface area contributed by atoms with Crippen LogP contribution >= 0.6 is 7.82 Å². The van der Waals surface area contributed by atoms with Gasteiger partial charge < -0.3 is 24.6 Å². The molecule has 0 fully saturated rings. The molecule has 22 heavy (non-hydrogen) atoms. The molecule has 0 rings (SSSR count). The number of Topliss-reactive ketones (excluding diaryl/α,β-unsaturated/α-hetero) is 2. The summed E-state index contributed by atoms with van der Waals surface area (Å²) in [6.07, 6.45) is 0.834. The maximum atomic E-state index is 11.5. The standard InChI is InChI=1S/C12H23N2O7P/c1-9(15)8-11(10(2)16)14-12(17)13-6-4-5-7-21-22(18,19)20-3/h11H,4-8H2,1-3H3,(H,18,19)(H2,13,14,17)/p-1. The van der Waals surface area contributed by atoms with E-state index >= 15 is 0 Å². The number of phosphoric ester groups is 1. The molecule has 0 aliphatic rings. The minimum absolute atomic E-state index is 0.0433. The van der Waals surface area contributed by atoms with Crippen LogP contribution in [0.15, 0.2) is 0 Å². The first-order chi connectivity index (χ1) is 10.2. The van der Waals surface area contributed by atoms with E-state index in [2.05, 4.69) is 19.7 Å². The zero-order valence-corrected chi connectivity index (χ0v) is 13.8. The van der Waals surface area contributed by atoms with Crippen molar-refractivity contribution < 1.29 is 32.9 Å². The molecule has 2 amide bonds. The summed E-state index contributed by atoms with van der Waals surface area (Å²) in [4.78, 5) is 44.7. The fourth-order valence-corrected chi connectivity index (χ4v) is 1.91. The van der Waals surface area contributed by atoms with Crippen molar-refractivity contribution in [1.29, 1.82) is 0 Å². The molecule has 2 unspecified atom stereocenters. The predicted octanol–water partition coefficient (Wildman–Crippen LogP) is 0.134. The van der Waals surface area contributed by atoms with Gasteiger partial charge in [0, 0.05) is 20.1 Å². The Morgan fingerprint density at radius 1 is 1.23 bits per heavy atom. The van der Waals surface area contributed by atoms with E-state index in [1.54, 1.807) is 0 Å². The number of urea groups is 1. The van der Waals surface area contributed by atoms with Gasteiger partial charge in [0.25, 0.3) is 7.82 Å². The first kappa shape index (κ1) is 20.7. The average Bonchev–Trinajstić information content (AvgIpc) is 2.41. The number of amides is 2. The summed E-state index contributed by atoms with van der Waals surface area (Å²) in [5.74, 6) is -0.498. The van der Waals surface area contributed by atoms with Gasteiger partial charge in [-0.2, -0.15) is 0 Å². The van der Waals surface area contributed by atoms with Gasteiger partial charge in [-0.15, -0.1) is 0 Å². The summed E-state index contributed by atoms with van der Waals surface area (Å²) in [6.45, 7) is 2.86. The zero-order chi connectivity index (χ0) is 17.2. The summed E-state index contributed by atoms with van der Waals surface area (Å²) >= 11 is 0. The van der Waals surface area contributed by atoms with Crippen molar-refractivity contribution >= 4 is 25.4 Å². The lowest BCUT2D eigenvalue weighted by Crippen LogP contribution is -2.46. The summed E-state index contributed by atoms with van der Waals surface area (Å²) < 4.78 is 19.5. The van der Waals surface area contributed by atoms with E-state index in [9.17, 15) is 23.8 Å². The quantitative estimate of drug-likeness (QED) is 0.404. The number of rotatable bonds is 11. The number of hydrogen-bond acceptors (Lipinski definition) is 7. The molecular weight excluding hydrogens is 315 g/mol. The maximum absolute atomic E-state index is 11.5. The number of carbonyl (C=O) groups excluding carboxylic acids is 3. The van der Waals surface area contributed by atoms with Crippen LogP contribution in [0.4, 0.5) is 4.79 Å². The number of unbranched alkanes of at least 4 members (excludes halogenated alkanes) is 1. The third-order valence-corrected chi connectivity index (χ3v) is 3.56. The van der Waals surface area contributed by atoms with Crippen molar-refractivity contribution in [3.63, 3.8) is 0 Å². The molecule has 9 nitrogen and oxygen atoms in total. The average molecular weight is 337 g/mol. The van der Waals surface area contributed by atoms with Crippen LogP contribution in [0.25, 0.3) is 0 Å². The van der Waals surface area contributed by atoms with Gasteiger partial charge in [0.2, 0.25) is 0 Å². The van der Waals surface area contributed by atoms with Crippen molar-refractivity contribution in [2.45, 2.75) is 39.2 Å². The smallest absolute Gasteiger partial charge is 0.315 e. The Kier molecular flexibility index (Phi) is 9.84. The van der Waals surface area contributed by atoms with E-state index in [0.717, 1.165) is 7.11 Å². The van der Waals surface area contributed by atoms with Crippen LogP contribution in [0, 0.1) is 0 Å². The third kappa shape index (κ3) is 10.4. The van der Waals surface area contributed by atoms with E-state index in [1.165, 1.54) is 13.8 Å². The molecule has 0 radical (unpaired) electrons. The Labute approximate surface area is 129 Å². The number of nitrogens with one attached hydrogen (secondary N) is 2. The SMILES string of the molecule is COP(=O)([O-])OCCCCNC(=O)NC(CC(C)=O)C(C)=O. The molecule has 0 spiro atoms. The molecule has 0 aliphatic carbocycles. The Morgan fingerprint density at radius 2 is 1.86 bits per heavy atom. The molecule has 2 atom stereocenters. The van der Waals surface area contributed by atoms with Gasteiger partial charge in [0.1, 0.15) is 5.78 Å². The van der Waals surface area contributed by atoms with Crippen LogP contribution in [0.2, 0.25) is 0 Å². The minimum atomic E-state index is -4.20. The van der Waals surface area contributed by atoms with Crippen LogP contribution in [0.3, 0.4) is 0 Å². The third-order valence-electron chi connectivity index (χ3n) is 2.62. The van der Waals surface area contributed by atoms with E-state index < -0.39 is 19.9 Å². The summed E-state index contributed by atoms with van der Waals surface area (Å²) in [6, 6.07) is -1.40. The highest BCUT2D eigenvalue weighted by molar-refractivity contribution is 7.45. The van der Waals surface area contributed by atoms with Crippen LogP contribution < -0.4 is 15.5 Å². The molecule has 0 aromatic carbocycles. The molecule has 0 saturated heterocycles. The van der Waals surface area contributed by atoms with Crippen molar-refractivity contribution in [1.82, 2.24) is 10.6 Å². The monoisotopic (exact) mass is 337 g/mol. The highest BCUT2D eigenvalue weighted by Gasteiger charge is 2.18. The lowest BCUT2D eigenvalue weighted by molar-refractivity contribution is -0.223. The van der Waals surface area contributed by atoms with Crippen molar-refractivity contribution in [2.75, 3.05) is 20.3 Å². The normalized spacial score (nSPS) is 14.7. The fourth-order valence-electron chi connectivity index (χ4n) is 1.45.